The molecule has 25 heavy (non-hydrogen) atoms. The number of hydrogen-bond acceptors (Lipinski definition) is 5. The van der Waals surface area contributed by atoms with E-state index in [0.29, 0.717) is 0 Å². The topological polar surface area (TPSA) is 55.3 Å². The first kappa shape index (κ1) is 17.3. The molecule has 0 saturated carbocycles. The zero-order valence-corrected chi connectivity index (χ0v) is 15.8. The summed E-state index contributed by atoms with van der Waals surface area (Å²) < 4.78 is 10.7. The molecule has 0 unspecified atom stereocenters. The molecule has 0 fully saturated rings. The Kier molecular flexibility index (Phi) is 4.66. The molecular formula is C20H25N3O2. The molecule has 0 aliphatic carbocycles. The van der Waals surface area contributed by atoms with Crippen molar-refractivity contribution in [1.29, 1.82) is 0 Å². The number of nitrogens with zero attached hydrogens (tertiary/aromatic N) is 3. The number of benzene rings is 1. The van der Waals surface area contributed by atoms with Gasteiger partial charge in [-0.15, -0.1) is 0 Å². The van der Waals surface area contributed by atoms with Crippen molar-refractivity contribution < 1.29 is 9.05 Å². The van der Waals surface area contributed by atoms with E-state index in [0.717, 1.165) is 47.1 Å². The summed E-state index contributed by atoms with van der Waals surface area (Å²) in [6.07, 6.45) is 0. The number of aryl methyl sites for hydroxylation is 6. The lowest BCUT2D eigenvalue weighted by molar-refractivity contribution is 0.391. The van der Waals surface area contributed by atoms with Crippen LogP contribution in [0.2, 0.25) is 0 Å². The fourth-order valence-electron chi connectivity index (χ4n) is 3.00. The fourth-order valence-corrected chi connectivity index (χ4v) is 3.00. The zero-order chi connectivity index (χ0) is 18.1. The number of hydrogen-bond donors (Lipinski definition) is 0. The molecule has 2 heterocycles. The van der Waals surface area contributed by atoms with Crippen LogP contribution in [0.5, 0.6) is 0 Å². The van der Waals surface area contributed by atoms with E-state index < -0.39 is 0 Å². The standard InChI is InChI=1S/C20H25N3O2/c1-12-7-8-18(9-13(12)2)23(10-19-14(3)21-24-16(19)5)11-20-15(4)22-25-17(20)6/h7-9H,10-11H2,1-6H3. The molecule has 0 saturated heterocycles. The third-order valence-corrected chi connectivity index (χ3v) is 4.92. The molecule has 0 spiro atoms. The molecule has 0 N–H and O–H groups in total. The summed E-state index contributed by atoms with van der Waals surface area (Å²) in [6.45, 7) is 13.6. The SMILES string of the molecule is Cc1ccc(N(Cc2c(C)noc2C)Cc2c(C)noc2C)cc1C. The molecule has 0 radical (unpaired) electrons. The van der Waals surface area contributed by atoms with Crippen molar-refractivity contribution >= 4 is 5.69 Å². The second kappa shape index (κ2) is 6.75. The average Bonchev–Trinajstić information content (AvgIpc) is 3.06. The molecule has 1 aromatic carbocycles. The lowest BCUT2D eigenvalue weighted by atomic mass is 10.1. The molecule has 132 valence electrons. The van der Waals surface area contributed by atoms with Crippen LogP contribution in [0.4, 0.5) is 5.69 Å². The highest BCUT2D eigenvalue weighted by atomic mass is 16.5. The van der Waals surface area contributed by atoms with Crippen LogP contribution in [0, 0.1) is 41.5 Å². The summed E-state index contributed by atoms with van der Waals surface area (Å²) in [7, 11) is 0. The van der Waals surface area contributed by atoms with E-state index in [1.165, 1.54) is 16.8 Å². The van der Waals surface area contributed by atoms with Crippen molar-refractivity contribution in [3.8, 4) is 0 Å². The first-order valence-corrected chi connectivity index (χ1v) is 8.52. The van der Waals surface area contributed by atoms with Gasteiger partial charge in [0.1, 0.15) is 11.5 Å². The van der Waals surface area contributed by atoms with Crippen molar-refractivity contribution in [3.63, 3.8) is 0 Å². The van der Waals surface area contributed by atoms with Crippen LogP contribution >= 0.6 is 0 Å². The smallest absolute Gasteiger partial charge is 0.138 e. The van der Waals surface area contributed by atoms with Gasteiger partial charge in [-0.05, 0) is 64.8 Å². The van der Waals surface area contributed by atoms with E-state index in [1.54, 1.807) is 0 Å². The van der Waals surface area contributed by atoms with Crippen molar-refractivity contribution in [2.24, 2.45) is 0 Å². The normalized spacial score (nSPS) is 11.1. The second-order valence-electron chi connectivity index (χ2n) is 6.73. The van der Waals surface area contributed by atoms with E-state index >= 15 is 0 Å². The minimum Gasteiger partial charge on any atom is -0.362 e. The maximum absolute atomic E-state index is 5.35. The Labute approximate surface area is 148 Å². The Balaban J connectivity index is 2.00. The highest BCUT2D eigenvalue weighted by Crippen LogP contribution is 2.26. The zero-order valence-electron chi connectivity index (χ0n) is 15.8. The molecule has 5 nitrogen and oxygen atoms in total. The van der Waals surface area contributed by atoms with Gasteiger partial charge in [0.15, 0.2) is 0 Å². The fraction of sp³-hybridized carbons (Fsp3) is 0.400. The van der Waals surface area contributed by atoms with Crippen LogP contribution in [-0.2, 0) is 13.1 Å². The van der Waals surface area contributed by atoms with Crippen LogP contribution in [0.3, 0.4) is 0 Å². The predicted octanol–water partition coefficient (Wildman–Crippen LogP) is 4.72. The van der Waals surface area contributed by atoms with Crippen molar-refractivity contribution in [3.05, 3.63) is 63.4 Å². The first-order valence-electron chi connectivity index (χ1n) is 8.52. The predicted molar refractivity (Wildman–Crippen MR) is 97.8 cm³/mol. The minimum atomic E-state index is 0.730. The Hall–Kier alpha value is -2.56. The average molecular weight is 339 g/mol. The number of aromatic nitrogens is 2. The highest BCUT2D eigenvalue weighted by molar-refractivity contribution is 5.52. The third kappa shape index (κ3) is 3.45. The first-order chi connectivity index (χ1) is 11.9. The maximum Gasteiger partial charge on any atom is 0.138 e. The Bertz CT molecular complexity index is 805. The van der Waals surface area contributed by atoms with Crippen LogP contribution in [0.15, 0.2) is 27.2 Å². The van der Waals surface area contributed by atoms with Gasteiger partial charge in [-0.25, -0.2) is 0 Å². The number of anilines is 1. The molecule has 3 rings (SSSR count). The molecule has 0 aliphatic rings. The summed E-state index contributed by atoms with van der Waals surface area (Å²) in [5.41, 5.74) is 7.87. The quantitative estimate of drug-likeness (QED) is 0.673. The van der Waals surface area contributed by atoms with E-state index in [-0.39, 0.29) is 0 Å². The van der Waals surface area contributed by atoms with Crippen LogP contribution < -0.4 is 4.90 Å². The summed E-state index contributed by atoms with van der Waals surface area (Å²) in [5, 5.41) is 8.19. The van der Waals surface area contributed by atoms with Gasteiger partial charge in [0.2, 0.25) is 0 Å². The molecule has 0 aliphatic heterocycles. The molecule has 5 heteroatoms. The number of rotatable bonds is 5. The van der Waals surface area contributed by atoms with E-state index in [4.69, 9.17) is 9.05 Å². The molecule has 0 amide bonds. The summed E-state index contributed by atoms with van der Waals surface area (Å²) in [6, 6.07) is 6.56. The lowest BCUT2D eigenvalue weighted by Gasteiger charge is -2.25. The molecule has 0 atom stereocenters. The lowest BCUT2D eigenvalue weighted by Crippen LogP contribution is -2.23. The van der Waals surface area contributed by atoms with Gasteiger partial charge in [0, 0.05) is 29.9 Å². The Morgan fingerprint density at radius 3 is 1.68 bits per heavy atom. The molecular weight excluding hydrogens is 314 g/mol. The Morgan fingerprint density at radius 1 is 0.760 bits per heavy atom. The largest absolute Gasteiger partial charge is 0.362 e. The molecule has 2 aromatic heterocycles. The van der Waals surface area contributed by atoms with E-state index in [9.17, 15) is 0 Å². The van der Waals surface area contributed by atoms with Crippen LogP contribution in [0.1, 0.15) is 45.2 Å². The third-order valence-electron chi connectivity index (χ3n) is 4.92. The monoisotopic (exact) mass is 339 g/mol. The minimum absolute atomic E-state index is 0.730. The van der Waals surface area contributed by atoms with Gasteiger partial charge >= 0.3 is 0 Å². The molecule has 0 bridgehead atoms. The second-order valence-corrected chi connectivity index (χ2v) is 6.73. The van der Waals surface area contributed by atoms with Gasteiger partial charge in [0.05, 0.1) is 11.4 Å². The van der Waals surface area contributed by atoms with Gasteiger partial charge in [-0.2, -0.15) is 0 Å². The highest BCUT2D eigenvalue weighted by Gasteiger charge is 2.19. The van der Waals surface area contributed by atoms with Gasteiger partial charge < -0.3 is 13.9 Å². The maximum atomic E-state index is 5.35. The summed E-state index contributed by atoms with van der Waals surface area (Å²) in [4.78, 5) is 2.32. The summed E-state index contributed by atoms with van der Waals surface area (Å²) in [5.74, 6) is 1.73. The van der Waals surface area contributed by atoms with E-state index in [1.807, 2.05) is 27.7 Å². The summed E-state index contributed by atoms with van der Waals surface area (Å²) >= 11 is 0. The van der Waals surface area contributed by atoms with Gasteiger partial charge in [0.25, 0.3) is 0 Å². The van der Waals surface area contributed by atoms with Gasteiger partial charge in [-0.1, -0.05) is 16.4 Å². The van der Waals surface area contributed by atoms with Crippen molar-refractivity contribution in [1.82, 2.24) is 10.3 Å². The van der Waals surface area contributed by atoms with Gasteiger partial charge in [-0.3, -0.25) is 0 Å². The van der Waals surface area contributed by atoms with Crippen LogP contribution in [-0.4, -0.2) is 10.3 Å². The molecule has 3 aromatic rings. The van der Waals surface area contributed by atoms with Crippen molar-refractivity contribution in [2.45, 2.75) is 54.6 Å². The Morgan fingerprint density at radius 2 is 1.28 bits per heavy atom. The van der Waals surface area contributed by atoms with Crippen molar-refractivity contribution in [2.75, 3.05) is 4.90 Å². The van der Waals surface area contributed by atoms with E-state index in [2.05, 4.69) is 47.3 Å². The van der Waals surface area contributed by atoms with Crippen LogP contribution in [0.25, 0.3) is 0 Å².